The van der Waals surface area contributed by atoms with Crippen LogP contribution in [0, 0.1) is 0 Å². The van der Waals surface area contributed by atoms with E-state index in [1.165, 1.54) is 0 Å². The van der Waals surface area contributed by atoms with Gasteiger partial charge in [0.2, 0.25) is 0 Å². The van der Waals surface area contributed by atoms with E-state index in [1.807, 2.05) is 34.0 Å². The lowest BCUT2D eigenvalue weighted by atomic mass is 10.4. The Morgan fingerprint density at radius 1 is 1.47 bits per heavy atom. The molecule has 15 heavy (non-hydrogen) atoms. The van der Waals surface area contributed by atoms with Crippen molar-refractivity contribution < 1.29 is 0 Å². The molecule has 0 saturated heterocycles. The van der Waals surface area contributed by atoms with Gasteiger partial charge in [-0.05, 0) is 27.8 Å². The Bertz CT molecular complexity index is 221. The number of nitrogens with zero attached hydrogens (tertiary/aromatic N) is 2. The van der Waals surface area contributed by atoms with Crippen LogP contribution in [0.25, 0.3) is 0 Å². The van der Waals surface area contributed by atoms with E-state index in [9.17, 15) is 0 Å². The fraction of sp³-hybridized carbons (Fsp3) is 0.727. The molecule has 0 fully saturated rings. The van der Waals surface area contributed by atoms with E-state index in [-0.39, 0.29) is 0 Å². The minimum Gasteiger partial charge on any atom is -0.342 e. The second-order valence-corrected chi connectivity index (χ2v) is 3.33. The summed E-state index contributed by atoms with van der Waals surface area (Å²) >= 11 is 0. The number of hydrogen-bond donors (Lipinski definition) is 2. The van der Waals surface area contributed by atoms with Gasteiger partial charge in [-0.2, -0.15) is 0 Å². The van der Waals surface area contributed by atoms with Gasteiger partial charge in [-0.25, -0.2) is 0 Å². The van der Waals surface area contributed by atoms with Gasteiger partial charge in [0.25, 0.3) is 0 Å². The average molecular weight is 212 g/mol. The predicted octanol–water partition coefficient (Wildman–Crippen LogP) is 1.03. The molecule has 4 nitrogen and oxygen atoms in total. The van der Waals surface area contributed by atoms with Crippen molar-refractivity contribution in [2.75, 3.05) is 33.7 Å². The SMILES string of the molecule is C/C=C(\C)NC(=NC)N(CC)CCNC. The van der Waals surface area contributed by atoms with Crippen molar-refractivity contribution in [1.82, 2.24) is 15.5 Å². The van der Waals surface area contributed by atoms with E-state index in [2.05, 4.69) is 27.4 Å². The van der Waals surface area contributed by atoms with E-state index in [1.54, 1.807) is 0 Å². The second kappa shape index (κ2) is 8.29. The van der Waals surface area contributed by atoms with Crippen LogP contribution in [0.4, 0.5) is 0 Å². The maximum Gasteiger partial charge on any atom is 0.197 e. The first-order chi connectivity index (χ1) is 7.19. The predicted molar refractivity (Wildman–Crippen MR) is 67.1 cm³/mol. The molecule has 0 bridgehead atoms. The highest BCUT2D eigenvalue weighted by Gasteiger charge is 2.07. The summed E-state index contributed by atoms with van der Waals surface area (Å²) in [6.07, 6.45) is 2.04. The number of rotatable bonds is 5. The number of guanidine groups is 1. The highest BCUT2D eigenvalue weighted by molar-refractivity contribution is 5.81. The van der Waals surface area contributed by atoms with E-state index in [4.69, 9.17) is 0 Å². The zero-order valence-electron chi connectivity index (χ0n) is 10.6. The summed E-state index contributed by atoms with van der Waals surface area (Å²) < 4.78 is 0. The summed E-state index contributed by atoms with van der Waals surface area (Å²) in [4.78, 5) is 6.47. The van der Waals surface area contributed by atoms with Crippen LogP contribution in [0.2, 0.25) is 0 Å². The lowest BCUT2D eigenvalue weighted by molar-refractivity contribution is 0.424. The largest absolute Gasteiger partial charge is 0.342 e. The van der Waals surface area contributed by atoms with Crippen molar-refractivity contribution >= 4 is 5.96 Å². The first-order valence-electron chi connectivity index (χ1n) is 5.45. The summed E-state index contributed by atoms with van der Waals surface area (Å²) in [5.74, 6) is 0.934. The molecular weight excluding hydrogens is 188 g/mol. The Kier molecular flexibility index (Phi) is 7.72. The highest BCUT2D eigenvalue weighted by Crippen LogP contribution is 1.93. The molecule has 0 aromatic carbocycles. The molecule has 0 rings (SSSR count). The first-order valence-corrected chi connectivity index (χ1v) is 5.45. The van der Waals surface area contributed by atoms with Crippen LogP contribution in [-0.4, -0.2) is 44.6 Å². The molecular formula is C11H24N4. The van der Waals surface area contributed by atoms with Gasteiger partial charge in [0.1, 0.15) is 0 Å². The smallest absolute Gasteiger partial charge is 0.197 e. The molecule has 0 amide bonds. The lowest BCUT2D eigenvalue weighted by Crippen LogP contribution is -2.43. The minimum absolute atomic E-state index is 0.934. The minimum atomic E-state index is 0.934. The quantitative estimate of drug-likeness (QED) is 0.528. The molecule has 0 aromatic heterocycles. The molecule has 0 aliphatic heterocycles. The van der Waals surface area contributed by atoms with Crippen LogP contribution in [-0.2, 0) is 0 Å². The Labute approximate surface area is 93.5 Å². The highest BCUT2D eigenvalue weighted by atomic mass is 15.3. The molecule has 0 unspecified atom stereocenters. The molecule has 0 atom stereocenters. The van der Waals surface area contributed by atoms with Gasteiger partial charge < -0.3 is 15.5 Å². The van der Waals surface area contributed by atoms with Crippen LogP contribution in [0.1, 0.15) is 20.8 Å². The van der Waals surface area contributed by atoms with Crippen LogP contribution in [0.15, 0.2) is 16.8 Å². The van der Waals surface area contributed by atoms with Crippen molar-refractivity contribution in [2.24, 2.45) is 4.99 Å². The lowest BCUT2D eigenvalue weighted by Gasteiger charge is -2.25. The molecule has 0 saturated carbocycles. The summed E-state index contributed by atoms with van der Waals surface area (Å²) in [5.41, 5.74) is 1.12. The Morgan fingerprint density at radius 2 is 2.13 bits per heavy atom. The number of allylic oxidation sites excluding steroid dienone is 2. The molecule has 4 heteroatoms. The van der Waals surface area contributed by atoms with Gasteiger partial charge in [-0.3, -0.25) is 4.99 Å². The molecule has 0 aliphatic carbocycles. The fourth-order valence-electron chi connectivity index (χ4n) is 1.19. The van der Waals surface area contributed by atoms with Gasteiger partial charge in [-0.15, -0.1) is 0 Å². The summed E-state index contributed by atoms with van der Waals surface area (Å²) in [5, 5.41) is 6.43. The standard InChI is InChI=1S/C11H24N4/c1-6-10(3)14-11(13-5)15(7-2)9-8-12-4/h6,12H,7-9H2,1-5H3,(H,13,14)/b10-6+. The maximum atomic E-state index is 4.26. The molecule has 88 valence electrons. The van der Waals surface area contributed by atoms with Gasteiger partial charge in [0, 0.05) is 32.4 Å². The first kappa shape index (κ1) is 14.0. The van der Waals surface area contributed by atoms with Crippen LogP contribution in [0.5, 0.6) is 0 Å². The molecule has 2 N–H and O–H groups in total. The van der Waals surface area contributed by atoms with Crippen molar-refractivity contribution in [3.05, 3.63) is 11.8 Å². The molecule has 0 heterocycles. The second-order valence-electron chi connectivity index (χ2n) is 3.33. The zero-order chi connectivity index (χ0) is 11.7. The number of aliphatic imine (C=N–C) groups is 1. The van der Waals surface area contributed by atoms with Crippen LogP contribution < -0.4 is 10.6 Å². The van der Waals surface area contributed by atoms with Crippen LogP contribution in [0.3, 0.4) is 0 Å². The average Bonchev–Trinajstić information content (AvgIpc) is 2.27. The van der Waals surface area contributed by atoms with E-state index in [0.29, 0.717) is 0 Å². The molecule has 0 aromatic rings. The van der Waals surface area contributed by atoms with Crippen molar-refractivity contribution in [3.8, 4) is 0 Å². The summed E-state index contributed by atoms with van der Waals surface area (Å²) in [7, 11) is 3.77. The van der Waals surface area contributed by atoms with Gasteiger partial charge >= 0.3 is 0 Å². The third-order valence-corrected chi connectivity index (χ3v) is 2.27. The Morgan fingerprint density at radius 3 is 2.53 bits per heavy atom. The monoisotopic (exact) mass is 212 g/mol. The normalized spacial score (nSPS) is 12.9. The van der Waals surface area contributed by atoms with Gasteiger partial charge in [0.05, 0.1) is 0 Å². The topological polar surface area (TPSA) is 39.7 Å². The maximum absolute atomic E-state index is 4.26. The Hall–Kier alpha value is -1.03. The molecule has 0 aliphatic rings. The number of nitrogens with one attached hydrogen (secondary N) is 2. The fourth-order valence-corrected chi connectivity index (χ4v) is 1.19. The number of hydrogen-bond acceptors (Lipinski definition) is 2. The number of likely N-dealkylation sites (N-methyl/N-ethyl adjacent to an activating group) is 2. The van der Waals surface area contributed by atoms with Crippen LogP contribution >= 0.6 is 0 Å². The summed E-state index contributed by atoms with van der Waals surface area (Å²) in [6.45, 7) is 9.07. The van der Waals surface area contributed by atoms with Crippen molar-refractivity contribution in [2.45, 2.75) is 20.8 Å². The molecule has 0 spiro atoms. The van der Waals surface area contributed by atoms with Gasteiger partial charge in [-0.1, -0.05) is 6.08 Å². The van der Waals surface area contributed by atoms with Crippen molar-refractivity contribution in [3.63, 3.8) is 0 Å². The zero-order valence-corrected chi connectivity index (χ0v) is 10.6. The van der Waals surface area contributed by atoms with E-state index < -0.39 is 0 Å². The summed E-state index contributed by atoms with van der Waals surface area (Å²) in [6, 6.07) is 0. The molecule has 0 radical (unpaired) electrons. The van der Waals surface area contributed by atoms with Gasteiger partial charge in [0.15, 0.2) is 5.96 Å². The van der Waals surface area contributed by atoms with E-state index in [0.717, 1.165) is 31.3 Å². The Balaban J connectivity index is 4.35. The van der Waals surface area contributed by atoms with E-state index >= 15 is 0 Å². The third-order valence-electron chi connectivity index (χ3n) is 2.27. The van der Waals surface area contributed by atoms with Crippen molar-refractivity contribution in [1.29, 1.82) is 0 Å². The third kappa shape index (κ3) is 5.42.